The van der Waals surface area contributed by atoms with Gasteiger partial charge in [0.2, 0.25) is 5.95 Å². The highest BCUT2D eigenvalue weighted by atomic mass is 15.1. The molecule has 1 saturated heterocycles. The van der Waals surface area contributed by atoms with Crippen LogP contribution in [0.5, 0.6) is 0 Å². The maximum Gasteiger partial charge on any atom is 0.222 e. The molecule has 0 unspecified atom stereocenters. The van der Waals surface area contributed by atoms with Crippen molar-refractivity contribution in [2.24, 2.45) is 0 Å². The molecule has 25 heavy (non-hydrogen) atoms. The quantitative estimate of drug-likeness (QED) is 0.900. The summed E-state index contributed by atoms with van der Waals surface area (Å²) in [5.41, 5.74) is 9.91. The summed E-state index contributed by atoms with van der Waals surface area (Å²) < 4.78 is 0. The third-order valence-corrected chi connectivity index (χ3v) is 5.43. The molecule has 1 fully saturated rings. The Balaban J connectivity index is 1.46. The lowest BCUT2D eigenvalue weighted by atomic mass is 9.89. The first kappa shape index (κ1) is 16.3. The summed E-state index contributed by atoms with van der Waals surface area (Å²) in [6.45, 7) is 4.26. The maximum atomic E-state index is 6.00. The normalized spacial score (nSPS) is 19.0. The summed E-state index contributed by atoms with van der Waals surface area (Å²) in [7, 11) is 0. The molecular weight excluding hydrogens is 310 g/mol. The zero-order valence-electron chi connectivity index (χ0n) is 14.7. The Bertz CT molecular complexity index is 708. The van der Waals surface area contributed by atoms with Gasteiger partial charge in [0.25, 0.3) is 0 Å². The molecule has 1 aromatic carbocycles. The van der Waals surface area contributed by atoms with E-state index >= 15 is 0 Å². The van der Waals surface area contributed by atoms with Crippen molar-refractivity contribution in [3.8, 4) is 0 Å². The number of nitrogen functional groups attached to an aromatic ring is 1. The molecule has 0 saturated carbocycles. The molecule has 2 aliphatic rings. The highest BCUT2D eigenvalue weighted by Gasteiger charge is 2.26. The standard InChI is InChI=1S/C20H27N5/c21-20-23-18(17-8-4-5-11-22-19(17)24-20)16-9-12-25(13-10-16)14-15-6-2-1-3-7-15/h1-3,6-7,16H,4-5,8-14H2,(H3,21,22,23,24). The molecular formula is C20H27N5. The second-order valence-corrected chi connectivity index (χ2v) is 7.21. The molecule has 0 atom stereocenters. The van der Waals surface area contributed by atoms with E-state index in [2.05, 4.69) is 50.5 Å². The van der Waals surface area contributed by atoms with Crippen molar-refractivity contribution in [2.75, 3.05) is 30.7 Å². The molecule has 132 valence electrons. The van der Waals surface area contributed by atoms with Crippen LogP contribution in [0.2, 0.25) is 0 Å². The number of benzene rings is 1. The molecule has 2 aromatic rings. The Kier molecular flexibility index (Phi) is 4.83. The van der Waals surface area contributed by atoms with Crippen molar-refractivity contribution in [1.29, 1.82) is 0 Å². The molecule has 0 aliphatic carbocycles. The van der Waals surface area contributed by atoms with Gasteiger partial charge in [-0.3, -0.25) is 4.90 Å². The Morgan fingerprint density at radius 3 is 2.68 bits per heavy atom. The van der Waals surface area contributed by atoms with Gasteiger partial charge < -0.3 is 11.1 Å². The van der Waals surface area contributed by atoms with E-state index in [0.29, 0.717) is 11.9 Å². The van der Waals surface area contributed by atoms with Crippen LogP contribution < -0.4 is 11.1 Å². The van der Waals surface area contributed by atoms with Crippen molar-refractivity contribution in [3.05, 3.63) is 47.2 Å². The van der Waals surface area contributed by atoms with Gasteiger partial charge in [0.1, 0.15) is 5.82 Å². The van der Waals surface area contributed by atoms with Crippen molar-refractivity contribution in [1.82, 2.24) is 14.9 Å². The van der Waals surface area contributed by atoms with Gasteiger partial charge in [-0.15, -0.1) is 0 Å². The summed E-state index contributed by atoms with van der Waals surface area (Å²) in [4.78, 5) is 11.7. The largest absolute Gasteiger partial charge is 0.370 e. The number of nitrogens with zero attached hydrogens (tertiary/aromatic N) is 3. The van der Waals surface area contributed by atoms with Gasteiger partial charge in [0, 0.05) is 24.6 Å². The summed E-state index contributed by atoms with van der Waals surface area (Å²) in [5.74, 6) is 1.90. The van der Waals surface area contributed by atoms with Crippen molar-refractivity contribution < 1.29 is 0 Å². The van der Waals surface area contributed by atoms with E-state index in [1.807, 2.05) is 0 Å². The Morgan fingerprint density at radius 1 is 1.08 bits per heavy atom. The SMILES string of the molecule is Nc1nc2c(c(C3CCN(Cc4ccccc4)CC3)n1)CCCCN2. The molecule has 0 radical (unpaired) electrons. The molecule has 2 aliphatic heterocycles. The second kappa shape index (κ2) is 7.40. The highest BCUT2D eigenvalue weighted by molar-refractivity contribution is 5.51. The van der Waals surface area contributed by atoms with E-state index in [-0.39, 0.29) is 0 Å². The van der Waals surface area contributed by atoms with E-state index in [9.17, 15) is 0 Å². The van der Waals surface area contributed by atoms with Gasteiger partial charge in [-0.05, 0) is 50.8 Å². The maximum absolute atomic E-state index is 6.00. The summed E-state index contributed by atoms with van der Waals surface area (Å²) >= 11 is 0. The van der Waals surface area contributed by atoms with Crippen LogP contribution >= 0.6 is 0 Å². The summed E-state index contributed by atoms with van der Waals surface area (Å²) in [6, 6.07) is 10.7. The lowest BCUT2D eigenvalue weighted by Crippen LogP contribution is -2.33. The molecule has 4 rings (SSSR count). The van der Waals surface area contributed by atoms with Gasteiger partial charge in [0.15, 0.2) is 0 Å². The summed E-state index contributed by atoms with van der Waals surface area (Å²) in [5, 5.41) is 3.45. The van der Waals surface area contributed by atoms with Crippen LogP contribution in [0.25, 0.3) is 0 Å². The summed E-state index contributed by atoms with van der Waals surface area (Å²) in [6.07, 6.45) is 5.76. The fourth-order valence-electron chi connectivity index (χ4n) is 4.09. The van der Waals surface area contributed by atoms with Crippen LogP contribution in [0.3, 0.4) is 0 Å². The van der Waals surface area contributed by atoms with Crippen molar-refractivity contribution in [2.45, 2.75) is 44.6 Å². The van der Waals surface area contributed by atoms with Crippen LogP contribution in [0.1, 0.15) is 48.4 Å². The van der Waals surface area contributed by atoms with Gasteiger partial charge >= 0.3 is 0 Å². The van der Waals surface area contributed by atoms with Crippen LogP contribution in [0, 0.1) is 0 Å². The number of likely N-dealkylation sites (tertiary alicyclic amines) is 1. The van der Waals surface area contributed by atoms with E-state index in [0.717, 1.165) is 51.3 Å². The van der Waals surface area contributed by atoms with Gasteiger partial charge in [-0.25, -0.2) is 4.98 Å². The third-order valence-electron chi connectivity index (χ3n) is 5.43. The Labute approximate surface area is 149 Å². The van der Waals surface area contributed by atoms with Crippen LogP contribution in [-0.4, -0.2) is 34.5 Å². The average molecular weight is 337 g/mol. The van der Waals surface area contributed by atoms with Gasteiger partial charge in [0.05, 0.1) is 5.69 Å². The van der Waals surface area contributed by atoms with Gasteiger partial charge in [-0.1, -0.05) is 30.3 Å². The molecule has 0 spiro atoms. The van der Waals surface area contributed by atoms with E-state index in [1.165, 1.54) is 29.7 Å². The topological polar surface area (TPSA) is 67.1 Å². The zero-order chi connectivity index (χ0) is 17.1. The third kappa shape index (κ3) is 3.76. The highest BCUT2D eigenvalue weighted by Crippen LogP contribution is 2.34. The number of rotatable bonds is 3. The number of hydrogen-bond acceptors (Lipinski definition) is 5. The minimum absolute atomic E-state index is 0.412. The Hall–Kier alpha value is -2.14. The van der Waals surface area contributed by atoms with Crippen LogP contribution in [0.4, 0.5) is 11.8 Å². The number of hydrogen-bond donors (Lipinski definition) is 2. The molecule has 0 amide bonds. The molecule has 1 aromatic heterocycles. The second-order valence-electron chi connectivity index (χ2n) is 7.21. The fourth-order valence-corrected chi connectivity index (χ4v) is 4.09. The lowest BCUT2D eigenvalue weighted by molar-refractivity contribution is 0.203. The zero-order valence-corrected chi connectivity index (χ0v) is 14.7. The van der Waals surface area contributed by atoms with Crippen LogP contribution in [-0.2, 0) is 13.0 Å². The number of aromatic nitrogens is 2. The first-order valence-electron chi connectivity index (χ1n) is 9.46. The molecule has 0 bridgehead atoms. The van der Waals surface area contributed by atoms with Crippen LogP contribution in [0.15, 0.2) is 30.3 Å². The van der Waals surface area contributed by atoms with E-state index in [4.69, 9.17) is 5.73 Å². The van der Waals surface area contributed by atoms with E-state index < -0.39 is 0 Å². The van der Waals surface area contributed by atoms with Crippen molar-refractivity contribution >= 4 is 11.8 Å². The minimum atomic E-state index is 0.412. The van der Waals surface area contributed by atoms with Gasteiger partial charge in [-0.2, -0.15) is 4.98 Å². The predicted molar refractivity (Wildman–Crippen MR) is 102 cm³/mol. The minimum Gasteiger partial charge on any atom is -0.370 e. The first-order chi connectivity index (χ1) is 12.3. The average Bonchev–Trinajstić information content (AvgIpc) is 2.88. The Morgan fingerprint density at radius 2 is 1.88 bits per heavy atom. The lowest BCUT2D eigenvalue weighted by Gasteiger charge is -2.32. The van der Waals surface area contributed by atoms with E-state index in [1.54, 1.807) is 0 Å². The van der Waals surface area contributed by atoms with Crippen molar-refractivity contribution in [3.63, 3.8) is 0 Å². The number of fused-ring (bicyclic) bond motifs is 1. The molecule has 5 nitrogen and oxygen atoms in total. The smallest absolute Gasteiger partial charge is 0.222 e. The molecule has 3 heterocycles. The first-order valence-corrected chi connectivity index (χ1v) is 9.46. The fraction of sp³-hybridized carbons (Fsp3) is 0.500. The molecule has 5 heteroatoms. The monoisotopic (exact) mass is 337 g/mol. The number of nitrogens with one attached hydrogen (secondary N) is 1. The number of nitrogens with two attached hydrogens (primary N) is 1. The number of anilines is 2. The molecule has 3 N–H and O–H groups in total. The number of piperidine rings is 1. The predicted octanol–water partition coefficient (Wildman–Crippen LogP) is 3.19.